The summed E-state index contributed by atoms with van der Waals surface area (Å²) in [5.41, 5.74) is 3.82. The summed E-state index contributed by atoms with van der Waals surface area (Å²) in [5, 5.41) is 22.2. The second kappa shape index (κ2) is 9.30. The van der Waals surface area contributed by atoms with Gasteiger partial charge in [-0.15, -0.1) is 0 Å². The molecule has 128 valence electrons. The van der Waals surface area contributed by atoms with Crippen molar-refractivity contribution in [2.24, 2.45) is 0 Å². The van der Waals surface area contributed by atoms with Crippen LogP contribution in [0.25, 0.3) is 6.08 Å². The van der Waals surface area contributed by atoms with Crippen molar-refractivity contribution in [1.29, 1.82) is 0 Å². The molecule has 0 bridgehead atoms. The maximum absolute atomic E-state index is 9.60. The predicted octanol–water partition coefficient (Wildman–Crippen LogP) is 5.15. The smallest absolute Gasteiger partial charge is 0.177 e. The number of hydrogen-bond acceptors (Lipinski definition) is 3. The molecule has 0 saturated carbocycles. The predicted molar refractivity (Wildman–Crippen MR) is 107 cm³/mol. The molecule has 1 rings (SSSR count). The second-order valence-corrected chi connectivity index (χ2v) is 6.18. The average molecular weight is 364 g/mol. The number of phenols is 2. The third kappa shape index (κ3) is 5.87. The summed E-state index contributed by atoms with van der Waals surface area (Å²) in [7, 11) is 0. The molecule has 24 heavy (non-hydrogen) atoms. The van der Waals surface area contributed by atoms with Crippen LogP contribution in [0.4, 0.5) is 0 Å². The fraction of sp³-hybridized carbons (Fsp3) is 0.211. The molecule has 0 radical (unpaired) electrons. The van der Waals surface area contributed by atoms with Crippen LogP contribution >= 0.6 is 23.8 Å². The van der Waals surface area contributed by atoms with Crippen molar-refractivity contribution in [1.82, 2.24) is 5.32 Å². The summed E-state index contributed by atoms with van der Waals surface area (Å²) >= 11 is 11.2. The first-order valence-corrected chi connectivity index (χ1v) is 8.20. The van der Waals surface area contributed by atoms with Gasteiger partial charge in [0.05, 0.1) is 10.0 Å². The molecule has 0 saturated heterocycles. The largest absolute Gasteiger partial charge is 0.504 e. The van der Waals surface area contributed by atoms with Crippen molar-refractivity contribution in [2.75, 3.05) is 6.54 Å². The third-order valence-corrected chi connectivity index (χ3v) is 4.13. The maximum atomic E-state index is 9.60. The van der Waals surface area contributed by atoms with E-state index in [1.807, 2.05) is 26.8 Å². The van der Waals surface area contributed by atoms with Crippen LogP contribution in [0.2, 0.25) is 5.02 Å². The van der Waals surface area contributed by atoms with E-state index in [2.05, 4.69) is 18.0 Å². The molecule has 5 heteroatoms. The molecule has 0 heterocycles. The lowest BCUT2D eigenvalue weighted by Gasteiger charge is -2.08. The first-order chi connectivity index (χ1) is 11.3. The minimum atomic E-state index is -0.339. The van der Waals surface area contributed by atoms with E-state index < -0.39 is 0 Å². The number of aromatic hydroxyl groups is 2. The third-order valence-electron chi connectivity index (χ3n) is 3.45. The van der Waals surface area contributed by atoms with E-state index in [0.717, 1.165) is 16.7 Å². The number of benzene rings is 1. The fourth-order valence-corrected chi connectivity index (χ4v) is 2.11. The molecular weight excluding hydrogens is 342 g/mol. The molecule has 0 unspecified atom stereocenters. The Kier molecular flexibility index (Phi) is 7.75. The highest BCUT2D eigenvalue weighted by Gasteiger charge is 2.07. The zero-order valence-electron chi connectivity index (χ0n) is 14.1. The van der Waals surface area contributed by atoms with Crippen molar-refractivity contribution in [2.45, 2.75) is 20.8 Å². The molecule has 0 aromatic heterocycles. The Morgan fingerprint density at radius 2 is 2.00 bits per heavy atom. The average Bonchev–Trinajstić information content (AvgIpc) is 2.55. The SMILES string of the molecule is C=C(C)/C(C)=C\C(=C/C)CNC(=S)/C=C/c1ccc(O)c(O)c1Cl. The Labute approximate surface area is 153 Å². The number of halogens is 1. The highest BCUT2D eigenvalue weighted by Crippen LogP contribution is 2.35. The van der Waals surface area contributed by atoms with E-state index in [1.165, 1.54) is 6.07 Å². The normalized spacial score (nSPS) is 12.5. The number of allylic oxidation sites excluding steroid dienone is 3. The van der Waals surface area contributed by atoms with Gasteiger partial charge in [-0.2, -0.15) is 0 Å². The molecule has 0 aliphatic heterocycles. The van der Waals surface area contributed by atoms with Crippen molar-refractivity contribution in [3.05, 3.63) is 64.2 Å². The van der Waals surface area contributed by atoms with Crippen LogP contribution < -0.4 is 5.32 Å². The van der Waals surface area contributed by atoms with Gasteiger partial charge in [0.2, 0.25) is 0 Å². The second-order valence-electron chi connectivity index (χ2n) is 5.36. The zero-order valence-corrected chi connectivity index (χ0v) is 15.6. The van der Waals surface area contributed by atoms with Crippen LogP contribution in [-0.2, 0) is 0 Å². The summed E-state index contributed by atoms with van der Waals surface area (Å²) in [5.74, 6) is -0.593. The van der Waals surface area contributed by atoms with Gasteiger partial charge in [-0.05, 0) is 55.7 Å². The first kappa shape index (κ1) is 20.0. The molecule has 1 aromatic carbocycles. The number of phenolic OH excluding ortho intramolecular Hbond substituents is 2. The summed E-state index contributed by atoms with van der Waals surface area (Å²) in [6.07, 6.45) is 7.45. The highest BCUT2D eigenvalue weighted by molar-refractivity contribution is 7.80. The van der Waals surface area contributed by atoms with Crippen LogP contribution in [-0.4, -0.2) is 21.7 Å². The minimum Gasteiger partial charge on any atom is -0.504 e. The van der Waals surface area contributed by atoms with E-state index in [1.54, 1.807) is 18.2 Å². The van der Waals surface area contributed by atoms with Gasteiger partial charge < -0.3 is 15.5 Å². The van der Waals surface area contributed by atoms with E-state index >= 15 is 0 Å². The maximum Gasteiger partial charge on any atom is 0.177 e. The van der Waals surface area contributed by atoms with Gasteiger partial charge in [0.15, 0.2) is 11.5 Å². The van der Waals surface area contributed by atoms with E-state index in [0.29, 0.717) is 17.1 Å². The Morgan fingerprint density at radius 3 is 2.58 bits per heavy atom. The molecule has 0 amide bonds. The van der Waals surface area contributed by atoms with Crippen LogP contribution in [0.15, 0.2) is 53.7 Å². The highest BCUT2D eigenvalue weighted by atomic mass is 35.5. The van der Waals surface area contributed by atoms with Crippen molar-refractivity contribution < 1.29 is 10.2 Å². The van der Waals surface area contributed by atoms with Gasteiger partial charge in [0.1, 0.15) is 0 Å². The summed E-state index contributed by atoms with van der Waals surface area (Å²) in [6, 6.07) is 2.98. The number of rotatable bonds is 6. The molecule has 0 aliphatic rings. The van der Waals surface area contributed by atoms with E-state index in [4.69, 9.17) is 23.8 Å². The van der Waals surface area contributed by atoms with Gasteiger partial charge in [-0.25, -0.2) is 0 Å². The number of thiocarbonyl (C=S) groups is 1. The topological polar surface area (TPSA) is 52.5 Å². The van der Waals surface area contributed by atoms with Gasteiger partial charge >= 0.3 is 0 Å². The molecule has 0 spiro atoms. The molecule has 0 fully saturated rings. The monoisotopic (exact) mass is 363 g/mol. The first-order valence-electron chi connectivity index (χ1n) is 7.42. The van der Waals surface area contributed by atoms with Gasteiger partial charge in [0, 0.05) is 6.54 Å². The lowest BCUT2D eigenvalue weighted by atomic mass is 10.1. The van der Waals surface area contributed by atoms with Crippen LogP contribution in [0.1, 0.15) is 26.3 Å². The fourth-order valence-electron chi connectivity index (χ4n) is 1.75. The molecular formula is C19H22ClNO2S. The van der Waals surface area contributed by atoms with Gasteiger partial charge in [-0.1, -0.05) is 54.2 Å². The van der Waals surface area contributed by atoms with Gasteiger partial charge in [-0.3, -0.25) is 0 Å². The van der Waals surface area contributed by atoms with Crippen LogP contribution in [0.3, 0.4) is 0 Å². The summed E-state index contributed by atoms with van der Waals surface area (Å²) < 4.78 is 0. The Balaban J connectivity index is 2.72. The lowest BCUT2D eigenvalue weighted by molar-refractivity contribution is 0.404. The quantitative estimate of drug-likeness (QED) is 0.283. The van der Waals surface area contributed by atoms with Crippen molar-refractivity contribution in [3.8, 4) is 11.5 Å². The van der Waals surface area contributed by atoms with Crippen molar-refractivity contribution >= 4 is 34.9 Å². The zero-order chi connectivity index (χ0) is 18.3. The lowest BCUT2D eigenvalue weighted by Crippen LogP contribution is -2.21. The molecule has 1 aromatic rings. The Morgan fingerprint density at radius 1 is 1.33 bits per heavy atom. The van der Waals surface area contributed by atoms with Gasteiger partial charge in [0.25, 0.3) is 0 Å². The van der Waals surface area contributed by atoms with Crippen molar-refractivity contribution in [3.63, 3.8) is 0 Å². The minimum absolute atomic E-state index is 0.0863. The summed E-state index contributed by atoms with van der Waals surface area (Å²) in [6.45, 7) is 10.5. The Bertz CT molecular complexity index is 733. The van der Waals surface area contributed by atoms with E-state index in [-0.39, 0.29) is 16.5 Å². The number of nitrogens with one attached hydrogen (secondary N) is 1. The summed E-state index contributed by atoms with van der Waals surface area (Å²) in [4.78, 5) is 0.541. The van der Waals surface area contributed by atoms with Crippen LogP contribution in [0, 0.1) is 0 Å². The molecule has 3 nitrogen and oxygen atoms in total. The molecule has 0 atom stereocenters. The van der Waals surface area contributed by atoms with Crippen LogP contribution in [0.5, 0.6) is 11.5 Å². The molecule has 0 aliphatic carbocycles. The molecule has 3 N–H and O–H groups in total. The van der Waals surface area contributed by atoms with E-state index in [9.17, 15) is 10.2 Å². The standard InChI is InChI=1S/C19H22ClNO2S/c1-5-14(10-13(4)12(2)3)11-21-17(24)9-7-15-6-8-16(22)19(23)18(15)20/h5-10,22-23H,2,11H2,1,3-4H3,(H,21,24)/b9-7+,13-10-,14-5+. The number of hydrogen-bond donors (Lipinski definition) is 3. The Hall–Kier alpha value is -2.04.